The summed E-state index contributed by atoms with van der Waals surface area (Å²) in [6.45, 7) is 4.58. The first kappa shape index (κ1) is 21.0. The van der Waals surface area contributed by atoms with E-state index in [2.05, 4.69) is 21.0 Å². The molecule has 8 heteroatoms. The number of pyridine rings is 1. The number of thiophene rings is 1. The quantitative estimate of drug-likeness (QED) is 0.471. The van der Waals surface area contributed by atoms with Crippen LogP contribution in [0.15, 0.2) is 53.0 Å². The molecule has 1 fully saturated rings. The Hall–Kier alpha value is -2.29. The minimum absolute atomic E-state index is 0.110. The van der Waals surface area contributed by atoms with Crippen LogP contribution in [-0.2, 0) is 23.0 Å². The predicted octanol–water partition coefficient (Wildman–Crippen LogP) is 3.84. The first-order chi connectivity index (χ1) is 14.4. The van der Waals surface area contributed by atoms with E-state index in [4.69, 9.17) is 0 Å². The first-order valence-corrected chi connectivity index (χ1v) is 12.3. The third-order valence-electron chi connectivity index (χ3n) is 5.53. The number of sulfonamides is 1. The van der Waals surface area contributed by atoms with E-state index in [1.165, 1.54) is 27.6 Å². The third kappa shape index (κ3) is 4.26. The molecule has 30 heavy (non-hydrogen) atoms. The van der Waals surface area contributed by atoms with Gasteiger partial charge in [-0.25, -0.2) is 8.42 Å². The lowest BCUT2D eigenvalue weighted by molar-refractivity contribution is 0.0963. The largest absolute Gasteiger partial charge is 0.348 e. The number of aryl methyl sites for hydroxylation is 2. The Labute approximate surface area is 181 Å². The van der Waals surface area contributed by atoms with Gasteiger partial charge >= 0.3 is 0 Å². The van der Waals surface area contributed by atoms with Gasteiger partial charge in [0.05, 0.1) is 6.54 Å². The molecule has 3 aromatic rings. The van der Waals surface area contributed by atoms with E-state index in [-0.39, 0.29) is 23.3 Å². The van der Waals surface area contributed by atoms with Crippen molar-refractivity contribution in [3.8, 4) is 0 Å². The van der Waals surface area contributed by atoms with Crippen LogP contribution in [-0.4, -0.2) is 40.6 Å². The van der Waals surface area contributed by atoms with Crippen LogP contribution in [0.5, 0.6) is 0 Å². The maximum Gasteiger partial charge on any atom is 0.245 e. The summed E-state index contributed by atoms with van der Waals surface area (Å²) < 4.78 is 29.7. The molecule has 0 N–H and O–H groups in total. The smallest absolute Gasteiger partial charge is 0.245 e. The molecule has 4 rings (SSSR count). The van der Waals surface area contributed by atoms with Gasteiger partial charge in [-0.2, -0.15) is 4.31 Å². The number of hydrogen-bond donors (Lipinski definition) is 0. The number of nitrogens with zero attached hydrogens (tertiary/aromatic N) is 3. The molecule has 0 radical (unpaired) electrons. The zero-order valence-corrected chi connectivity index (χ0v) is 18.7. The van der Waals surface area contributed by atoms with E-state index >= 15 is 0 Å². The van der Waals surface area contributed by atoms with Gasteiger partial charge in [0.2, 0.25) is 10.0 Å². The van der Waals surface area contributed by atoms with E-state index in [1.54, 1.807) is 17.4 Å². The normalized spacial score (nSPS) is 14.4. The fourth-order valence-corrected chi connectivity index (χ4v) is 6.04. The first-order valence-electron chi connectivity index (χ1n) is 10.0. The van der Waals surface area contributed by atoms with Crippen molar-refractivity contribution in [1.29, 1.82) is 0 Å². The number of carbonyl (C=O) groups is 1. The molecule has 1 aliphatic rings. The Bertz CT molecular complexity index is 1130. The van der Waals surface area contributed by atoms with Crippen molar-refractivity contribution in [3.63, 3.8) is 0 Å². The van der Waals surface area contributed by atoms with E-state index in [0.717, 1.165) is 37.2 Å². The van der Waals surface area contributed by atoms with E-state index < -0.39 is 10.0 Å². The highest BCUT2D eigenvalue weighted by molar-refractivity contribution is 7.89. The van der Waals surface area contributed by atoms with Crippen LogP contribution in [0.4, 0.5) is 0 Å². The van der Waals surface area contributed by atoms with E-state index in [0.29, 0.717) is 5.56 Å². The average Bonchev–Trinajstić information content (AvgIpc) is 3.36. The minimum atomic E-state index is -3.75. The second kappa shape index (κ2) is 8.45. The van der Waals surface area contributed by atoms with Gasteiger partial charge in [-0.3, -0.25) is 9.78 Å². The maximum atomic E-state index is 13.2. The second-order valence-corrected chi connectivity index (χ2v) is 10.6. The zero-order valence-electron chi connectivity index (χ0n) is 17.1. The van der Waals surface area contributed by atoms with Gasteiger partial charge in [-0.15, -0.1) is 11.3 Å². The van der Waals surface area contributed by atoms with Crippen LogP contribution in [0.25, 0.3) is 0 Å². The molecule has 3 aromatic heterocycles. The van der Waals surface area contributed by atoms with Gasteiger partial charge in [0, 0.05) is 46.8 Å². The Morgan fingerprint density at radius 2 is 2.07 bits per heavy atom. The number of aromatic nitrogens is 2. The molecule has 158 valence electrons. The van der Waals surface area contributed by atoms with Crippen molar-refractivity contribution in [2.45, 2.75) is 50.6 Å². The average molecular weight is 444 g/mol. The van der Waals surface area contributed by atoms with Crippen molar-refractivity contribution in [2.24, 2.45) is 0 Å². The zero-order chi connectivity index (χ0) is 21.3. The lowest BCUT2D eigenvalue weighted by atomic mass is 10.1. The van der Waals surface area contributed by atoms with Gasteiger partial charge in [0.1, 0.15) is 4.90 Å². The van der Waals surface area contributed by atoms with Crippen molar-refractivity contribution in [2.75, 3.05) is 6.54 Å². The lowest BCUT2D eigenvalue weighted by Gasteiger charge is -2.21. The predicted molar refractivity (Wildman–Crippen MR) is 117 cm³/mol. The highest BCUT2D eigenvalue weighted by Gasteiger charge is 2.39. The molecule has 0 spiro atoms. The number of ketones is 1. The van der Waals surface area contributed by atoms with Crippen molar-refractivity contribution >= 4 is 27.1 Å². The lowest BCUT2D eigenvalue weighted by Crippen LogP contribution is -2.37. The highest BCUT2D eigenvalue weighted by atomic mass is 32.2. The molecule has 3 heterocycles. The summed E-state index contributed by atoms with van der Waals surface area (Å²) in [6.07, 6.45) is 5.35. The van der Waals surface area contributed by atoms with Gasteiger partial charge in [-0.05, 0) is 62.8 Å². The van der Waals surface area contributed by atoms with Crippen LogP contribution in [0.3, 0.4) is 0 Å². The Morgan fingerprint density at radius 3 is 2.70 bits per heavy atom. The van der Waals surface area contributed by atoms with E-state index in [1.807, 2.05) is 26.0 Å². The SMILES string of the molecule is Cc1cc(C(=O)CN(C2CC2)S(=O)(=O)c2cccnc2)c(C)n1CCc1cccs1. The van der Waals surface area contributed by atoms with Crippen molar-refractivity contribution < 1.29 is 13.2 Å². The van der Waals surface area contributed by atoms with Crippen LogP contribution < -0.4 is 0 Å². The van der Waals surface area contributed by atoms with Crippen molar-refractivity contribution in [1.82, 2.24) is 13.9 Å². The number of rotatable bonds is 9. The second-order valence-electron chi connectivity index (χ2n) is 7.66. The third-order valence-corrected chi connectivity index (χ3v) is 8.35. The Balaban J connectivity index is 1.54. The van der Waals surface area contributed by atoms with Crippen LogP contribution in [0.1, 0.15) is 39.5 Å². The Morgan fingerprint density at radius 1 is 1.27 bits per heavy atom. The highest BCUT2D eigenvalue weighted by Crippen LogP contribution is 2.32. The molecule has 1 saturated carbocycles. The van der Waals surface area contributed by atoms with E-state index in [9.17, 15) is 13.2 Å². The Kier molecular flexibility index (Phi) is 5.90. The van der Waals surface area contributed by atoms with Crippen LogP contribution in [0, 0.1) is 13.8 Å². The fourth-order valence-electron chi connectivity index (χ4n) is 3.74. The molecule has 0 atom stereocenters. The molecule has 1 aliphatic carbocycles. The summed E-state index contributed by atoms with van der Waals surface area (Å²) in [5, 5.41) is 2.06. The standard InChI is InChI=1S/C22H25N3O3S2/c1-16-13-21(17(2)24(16)11-9-19-5-4-12-29-19)22(26)15-25(18-7-8-18)30(27,28)20-6-3-10-23-14-20/h3-6,10,12-14,18H,7-9,11,15H2,1-2H3. The molecule has 0 aliphatic heterocycles. The summed E-state index contributed by atoms with van der Waals surface area (Å²) >= 11 is 1.73. The molecular weight excluding hydrogens is 418 g/mol. The molecule has 0 unspecified atom stereocenters. The van der Waals surface area contributed by atoms with Gasteiger partial charge in [-0.1, -0.05) is 6.07 Å². The summed E-state index contributed by atoms with van der Waals surface area (Å²) in [6, 6.07) is 9.05. The van der Waals surface area contributed by atoms with Crippen molar-refractivity contribution in [3.05, 3.63) is 69.9 Å². The maximum absolute atomic E-state index is 13.2. The molecule has 0 amide bonds. The number of Topliss-reactive ketones (excluding diaryl/α,β-unsaturated/α-hetero) is 1. The fraction of sp³-hybridized carbons (Fsp3) is 0.364. The van der Waals surface area contributed by atoms with Crippen LogP contribution >= 0.6 is 11.3 Å². The summed E-state index contributed by atoms with van der Waals surface area (Å²) in [7, 11) is -3.75. The van der Waals surface area contributed by atoms with Gasteiger partial charge < -0.3 is 4.57 Å². The minimum Gasteiger partial charge on any atom is -0.348 e. The van der Waals surface area contributed by atoms with Gasteiger partial charge in [0.15, 0.2) is 5.78 Å². The number of carbonyl (C=O) groups excluding carboxylic acids is 1. The molecule has 0 saturated heterocycles. The summed E-state index contributed by atoms with van der Waals surface area (Å²) in [5.74, 6) is -0.162. The molecule has 0 aromatic carbocycles. The molecule has 0 bridgehead atoms. The number of hydrogen-bond acceptors (Lipinski definition) is 5. The summed E-state index contributed by atoms with van der Waals surface area (Å²) in [4.78, 5) is 18.5. The van der Waals surface area contributed by atoms with Gasteiger partial charge in [0.25, 0.3) is 0 Å². The topological polar surface area (TPSA) is 72.3 Å². The van der Waals surface area contributed by atoms with Crippen LogP contribution in [0.2, 0.25) is 0 Å². The monoisotopic (exact) mass is 443 g/mol. The molecule has 6 nitrogen and oxygen atoms in total. The summed E-state index contributed by atoms with van der Waals surface area (Å²) in [5.41, 5.74) is 2.51. The molecular formula is C22H25N3O3S2.